The zero-order valence-corrected chi connectivity index (χ0v) is 13.1. The Hall–Kier alpha value is -3.14. The largest absolute Gasteiger partial charge is 0.427 e. The summed E-state index contributed by atoms with van der Waals surface area (Å²) in [6.45, 7) is 0. The van der Waals surface area contributed by atoms with Crippen LogP contribution in [0.25, 0.3) is 0 Å². The van der Waals surface area contributed by atoms with Gasteiger partial charge in [-0.05, 0) is 23.3 Å². The van der Waals surface area contributed by atoms with Crippen LogP contribution in [-0.2, 0) is 4.79 Å². The zero-order valence-electron chi connectivity index (χ0n) is 13.1. The maximum atomic E-state index is 12.4. The Labute approximate surface area is 140 Å². The monoisotopic (exact) mass is 318 g/mol. The summed E-state index contributed by atoms with van der Waals surface area (Å²) >= 11 is 0. The van der Waals surface area contributed by atoms with E-state index in [4.69, 9.17) is 0 Å². The van der Waals surface area contributed by atoms with Crippen LogP contribution in [-0.4, -0.2) is 15.8 Å². The van der Waals surface area contributed by atoms with Gasteiger partial charge in [-0.1, -0.05) is 66.7 Å². The molecule has 0 saturated carbocycles. The molecule has 0 radical (unpaired) electrons. The Morgan fingerprint density at radius 2 is 1.42 bits per heavy atom. The summed E-state index contributed by atoms with van der Waals surface area (Å²) in [7, 11) is 0. The van der Waals surface area contributed by atoms with Crippen molar-refractivity contribution in [3.05, 3.63) is 102 Å². The molecular weight excluding hydrogens is 300 g/mol. The molecule has 1 N–H and O–H groups in total. The Kier molecular flexibility index (Phi) is 4.87. The van der Waals surface area contributed by atoms with Crippen LogP contribution >= 0.6 is 0 Å². The third kappa shape index (κ3) is 3.79. The first-order valence-corrected chi connectivity index (χ1v) is 7.78. The normalized spacial score (nSPS) is 11.6. The van der Waals surface area contributed by atoms with Crippen molar-refractivity contribution >= 4 is 5.91 Å². The summed E-state index contributed by atoms with van der Waals surface area (Å²) in [5.74, 6) is -0.346. The van der Waals surface area contributed by atoms with Crippen molar-refractivity contribution < 1.29 is 10.0 Å². The Morgan fingerprint density at radius 1 is 0.875 bits per heavy atom. The second-order valence-corrected chi connectivity index (χ2v) is 5.49. The lowest BCUT2D eigenvalue weighted by molar-refractivity contribution is -0.118. The predicted molar refractivity (Wildman–Crippen MR) is 91.5 cm³/mol. The minimum absolute atomic E-state index is 0.0699. The summed E-state index contributed by atoms with van der Waals surface area (Å²) < 4.78 is 0.845. The van der Waals surface area contributed by atoms with E-state index < -0.39 is 0 Å². The topological polar surface area (TPSA) is 54.6 Å². The molecule has 0 aliphatic carbocycles. The minimum Gasteiger partial charge on any atom is -0.427 e. The number of benzene rings is 2. The van der Waals surface area contributed by atoms with Crippen LogP contribution < -0.4 is 5.49 Å². The lowest BCUT2D eigenvalue weighted by Crippen LogP contribution is -2.20. The molecule has 1 aromatic heterocycles. The molecule has 1 amide bonds. The maximum absolute atomic E-state index is 12.4. The molecule has 2 aromatic carbocycles. The van der Waals surface area contributed by atoms with Crippen LogP contribution in [0.2, 0.25) is 0 Å². The summed E-state index contributed by atoms with van der Waals surface area (Å²) in [5, 5.41) is 9.70. The van der Waals surface area contributed by atoms with Crippen LogP contribution in [0.1, 0.15) is 23.5 Å². The van der Waals surface area contributed by atoms with Crippen molar-refractivity contribution in [3.8, 4) is 0 Å². The van der Waals surface area contributed by atoms with E-state index in [-0.39, 0.29) is 23.7 Å². The van der Waals surface area contributed by atoms with Crippen molar-refractivity contribution in [2.24, 2.45) is 4.99 Å². The first-order chi connectivity index (χ1) is 11.7. The minimum atomic E-state index is -0.276. The number of aromatic nitrogens is 1. The van der Waals surface area contributed by atoms with Gasteiger partial charge in [0, 0.05) is 18.5 Å². The third-order valence-electron chi connectivity index (χ3n) is 3.84. The van der Waals surface area contributed by atoms with E-state index >= 15 is 0 Å². The lowest BCUT2D eigenvalue weighted by Gasteiger charge is -2.16. The van der Waals surface area contributed by atoms with Crippen molar-refractivity contribution in [2.45, 2.75) is 12.3 Å². The van der Waals surface area contributed by atoms with E-state index in [0.29, 0.717) is 0 Å². The highest BCUT2D eigenvalue weighted by Crippen LogP contribution is 2.28. The summed E-state index contributed by atoms with van der Waals surface area (Å²) in [6, 6.07) is 24.8. The molecule has 0 saturated heterocycles. The second kappa shape index (κ2) is 7.42. The molecule has 0 atom stereocenters. The number of hydrogen-bond donors (Lipinski definition) is 1. The molecule has 0 fully saturated rings. The molecule has 120 valence electrons. The number of amides is 1. The molecular formula is C20H18N2O2. The zero-order chi connectivity index (χ0) is 16.8. The number of hydrogen-bond acceptors (Lipinski definition) is 2. The number of nitrogens with zero attached hydrogens (tertiary/aromatic N) is 2. The summed E-state index contributed by atoms with van der Waals surface area (Å²) in [4.78, 5) is 16.5. The maximum Gasteiger partial charge on any atom is 0.248 e. The van der Waals surface area contributed by atoms with E-state index in [0.717, 1.165) is 15.9 Å². The van der Waals surface area contributed by atoms with Crippen molar-refractivity contribution in [1.82, 2.24) is 4.73 Å². The van der Waals surface area contributed by atoms with Crippen LogP contribution in [0.4, 0.5) is 0 Å². The van der Waals surface area contributed by atoms with Gasteiger partial charge in [-0.2, -0.15) is 9.72 Å². The molecule has 4 heteroatoms. The highest BCUT2D eigenvalue weighted by atomic mass is 16.5. The Bertz CT molecular complexity index is 831. The average molecular weight is 318 g/mol. The van der Waals surface area contributed by atoms with Gasteiger partial charge in [-0.15, -0.1) is 0 Å². The SMILES string of the molecule is O=C(CC(c1ccccc1)c1ccccc1)N=c1ccccn1O. The van der Waals surface area contributed by atoms with Crippen molar-refractivity contribution in [2.75, 3.05) is 0 Å². The first-order valence-electron chi connectivity index (χ1n) is 7.78. The average Bonchev–Trinajstić information content (AvgIpc) is 2.63. The summed E-state index contributed by atoms with van der Waals surface area (Å²) in [5.41, 5.74) is 2.36. The van der Waals surface area contributed by atoms with Crippen LogP contribution in [0.5, 0.6) is 0 Å². The fraction of sp³-hybridized carbons (Fsp3) is 0.100. The van der Waals surface area contributed by atoms with Crippen LogP contribution in [0.3, 0.4) is 0 Å². The van der Waals surface area contributed by atoms with Gasteiger partial charge in [0.15, 0.2) is 5.49 Å². The molecule has 3 rings (SSSR count). The van der Waals surface area contributed by atoms with Gasteiger partial charge in [0.1, 0.15) is 0 Å². The predicted octanol–water partition coefficient (Wildman–Crippen LogP) is 3.37. The quantitative estimate of drug-likeness (QED) is 0.750. The van der Waals surface area contributed by atoms with Gasteiger partial charge >= 0.3 is 0 Å². The number of pyridine rings is 1. The van der Waals surface area contributed by atoms with Crippen molar-refractivity contribution in [1.29, 1.82) is 0 Å². The van der Waals surface area contributed by atoms with Gasteiger partial charge in [-0.3, -0.25) is 4.79 Å². The van der Waals surface area contributed by atoms with Gasteiger partial charge < -0.3 is 5.21 Å². The number of rotatable bonds is 4. The van der Waals surface area contributed by atoms with E-state index in [1.165, 1.54) is 6.20 Å². The van der Waals surface area contributed by atoms with E-state index in [9.17, 15) is 10.0 Å². The van der Waals surface area contributed by atoms with Crippen LogP contribution in [0.15, 0.2) is 90.1 Å². The smallest absolute Gasteiger partial charge is 0.248 e. The van der Waals surface area contributed by atoms with Gasteiger partial charge in [0.05, 0.1) is 0 Å². The molecule has 0 spiro atoms. The molecule has 4 nitrogen and oxygen atoms in total. The van der Waals surface area contributed by atoms with Gasteiger partial charge in [0.25, 0.3) is 0 Å². The fourth-order valence-electron chi connectivity index (χ4n) is 2.66. The van der Waals surface area contributed by atoms with Crippen molar-refractivity contribution in [3.63, 3.8) is 0 Å². The molecule has 0 unspecified atom stereocenters. The molecule has 24 heavy (non-hydrogen) atoms. The molecule has 1 heterocycles. The number of carbonyl (C=O) groups is 1. The third-order valence-corrected chi connectivity index (χ3v) is 3.84. The van der Waals surface area contributed by atoms with E-state index in [1.54, 1.807) is 18.2 Å². The van der Waals surface area contributed by atoms with E-state index in [2.05, 4.69) is 4.99 Å². The highest BCUT2D eigenvalue weighted by molar-refractivity contribution is 5.78. The highest BCUT2D eigenvalue weighted by Gasteiger charge is 2.17. The molecule has 0 bridgehead atoms. The Morgan fingerprint density at radius 3 is 1.96 bits per heavy atom. The Balaban J connectivity index is 1.92. The lowest BCUT2D eigenvalue weighted by atomic mass is 9.88. The second-order valence-electron chi connectivity index (χ2n) is 5.49. The molecule has 0 aliphatic rings. The molecule has 3 aromatic rings. The van der Waals surface area contributed by atoms with E-state index in [1.807, 2.05) is 60.7 Å². The van der Waals surface area contributed by atoms with Gasteiger partial charge in [0.2, 0.25) is 5.91 Å². The molecule has 0 aliphatic heterocycles. The number of carbonyl (C=O) groups excluding carboxylic acids is 1. The standard InChI is InChI=1S/C20H18N2O2/c23-20(21-19-13-7-8-14-22(19)24)15-18(16-9-3-1-4-10-16)17-11-5-2-6-12-17/h1-14,18,24H,15H2. The van der Waals surface area contributed by atoms with Crippen LogP contribution in [0, 0.1) is 0 Å². The van der Waals surface area contributed by atoms with Gasteiger partial charge in [-0.25, -0.2) is 0 Å². The first kappa shape index (κ1) is 15.7. The summed E-state index contributed by atoms with van der Waals surface area (Å²) in [6.07, 6.45) is 1.68. The fourth-order valence-corrected chi connectivity index (χ4v) is 2.66.